The molecule has 0 aliphatic heterocycles. The normalized spacial score (nSPS) is 10.2. The SMILES string of the molecule is O=C(C=Cc1ccco1)NC(=S)NNC(=O)c1cnccn1. The number of furan rings is 1. The van der Waals surface area contributed by atoms with E-state index in [1.807, 2.05) is 0 Å². The first-order valence-electron chi connectivity index (χ1n) is 6.04. The van der Waals surface area contributed by atoms with Gasteiger partial charge < -0.3 is 4.42 Å². The number of carbonyl (C=O) groups excluding carboxylic acids is 2. The minimum atomic E-state index is -0.532. The molecular weight excluding hydrogens is 306 g/mol. The first-order valence-corrected chi connectivity index (χ1v) is 6.45. The van der Waals surface area contributed by atoms with Crippen LogP contribution in [0.3, 0.4) is 0 Å². The number of hydrogen-bond donors (Lipinski definition) is 3. The van der Waals surface area contributed by atoms with Gasteiger partial charge >= 0.3 is 0 Å². The Balaban J connectivity index is 1.76. The summed E-state index contributed by atoms with van der Waals surface area (Å²) in [5.74, 6) is -0.469. The molecule has 2 heterocycles. The highest BCUT2D eigenvalue weighted by molar-refractivity contribution is 7.80. The Hall–Kier alpha value is -3.07. The fourth-order valence-electron chi connectivity index (χ4n) is 1.32. The molecule has 2 aromatic heterocycles. The number of aromatic nitrogens is 2. The van der Waals surface area contributed by atoms with E-state index in [2.05, 4.69) is 26.1 Å². The zero-order chi connectivity index (χ0) is 15.8. The van der Waals surface area contributed by atoms with Crippen molar-refractivity contribution in [1.82, 2.24) is 26.1 Å². The number of carbonyl (C=O) groups is 2. The van der Waals surface area contributed by atoms with Crippen molar-refractivity contribution < 1.29 is 14.0 Å². The van der Waals surface area contributed by atoms with Crippen LogP contribution in [-0.2, 0) is 4.79 Å². The van der Waals surface area contributed by atoms with Crippen LogP contribution in [0.15, 0.2) is 47.5 Å². The van der Waals surface area contributed by atoms with Crippen molar-refractivity contribution in [3.8, 4) is 0 Å². The molecule has 0 fully saturated rings. The van der Waals surface area contributed by atoms with Crippen LogP contribution in [0, 0.1) is 0 Å². The number of nitrogens with one attached hydrogen (secondary N) is 3. The van der Waals surface area contributed by atoms with E-state index in [0.717, 1.165) is 0 Å². The molecule has 0 bridgehead atoms. The molecule has 0 aliphatic rings. The Morgan fingerprint density at radius 1 is 1.27 bits per heavy atom. The van der Waals surface area contributed by atoms with Crippen molar-refractivity contribution >= 4 is 35.2 Å². The van der Waals surface area contributed by atoms with Gasteiger partial charge in [-0.1, -0.05) is 0 Å². The third-order valence-corrected chi connectivity index (χ3v) is 2.47. The first kappa shape index (κ1) is 15.3. The third kappa shape index (κ3) is 4.80. The molecule has 8 nitrogen and oxygen atoms in total. The minimum Gasteiger partial charge on any atom is -0.465 e. The maximum atomic E-state index is 11.6. The first-order chi connectivity index (χ1) is 10.6. The Bertz CT molecular complexity index is 685. The van der Waals surface area contributed by atoms with E-state index >= 15 is 0 Å². The molecule has 0 saturated heterocycles. The van der Waals surface area contributed by atoms with Gasteiger partial charge in [-0.15, -0.1) is 0 Å². The molecule has 0 unspecified atom stereocenters. The van der Waals surface area contributed by atoms with Gasteiger partial charge in [-0.05, 0) is 30.4 Å². The lowest BCUT2D eigenvalue weighted by Crippen LogP contribution is -2.48. The summed E-state index contributed by atoms with van der Waals surface area (Å²) in [5, 5.41) is 2.29. The fourth-order valence-corrected chi connectivity index (χ4v) is 1.47. The van der Waals surface area contributed by atoms with Crippen LogP contribution >= 0.6 is 12.2 Å². The number of nitrogens with zero attached hydrogens (tertiary/aromatic N) is 2. The summed E-state index contributed by atoms with van der Waals surface area (Å²) in [4.78, 5) is 30.8. The summed E-state index contributed by atoms with van der Waals surface area (Å²) in [6.45, 7) is 0. The minimum absolute atomic E-state index is 0.0636. The summed E-state index contributed by atoms with van der Waals surface area (Å²) in [6.07, 6.45) is 8.35. The zero-order valence-corrected chi connectivity index (χ0v) is 12.0. The van der Waals surface area contributed by atoms with Crippen molar-refractivity contribution in [2.24, 2.45) is 0 Å². The number of rotatable bonds is 3. The molecule has 0 radical (unpaired) electrons. The van der Waals surface area contributed by atoms with Crippen molar-refractivity contribution in [3.05, 3.63) is 54.5 Å². The summed E-state index contributed by atoms with van der Waals surface area (Å²) in [6, 6.07) is 3.40. The van der Waals surface area contributed by atoms with Gasteiger partial charge in [0.25, 0.3) is 5.91 Å². The average Bonchev–Trinajstić information content (AvgIpc) is 3.05. The maximum absolute atomic E-state index is 11.6. The van der Waals surface area contributed by atoms with Crippen molar-refractivity contribution in [2.75, 3.05) is 0 Å². The van der Waals surface area contributed by atoms with Gasteiger partial charge in [0.2, 0.25) is 5.91 Å². The maximum Gasteiger partial charge on any atom is 0.289 e. The predicted octanol–water partition coefficient (Wildman–Crippen LogP) is 0.419. The number of amides is 2. The Labute approximate surface area is 130 Å². The lowest BCUT2D eigenvalue weighted by atomic mass is 10.4. The van der Waals surface area contributed by atoms with Gasteiger partial charge in [-0.25, -0.2) is 4.98 Å². The van der Waals surface area contributed by atoms with E-state index in [1.165, 1.54) is 37.0 Å². The fraction of sp³-hybridized carbons (Fsp3) is 0. The van der Waals surface area contributed by atoms with Gasteiger partial charge in [0.1, 0.15) is 11.5 Å². The van der Waals surface area contributed by atoms with Crippen LogP contribution in [0.4, 0.5) is 0 Å². The van der Waals surface area contributed by atoms with Crippen LogP contribution in [0.2, 0.25) is 0 Å². The average molecular weight is 317 g/mol. The molecule has 0 spiro atoms. The molecule has 0 aliphatic carbocycles. The van der Waals surface area contributed by atoms with Gasteiger partial charge in [-0.2, -0.15) is 0 Å². The van der Waals surface area contributed by atoms with Crippen LogP contribution in [0.1, 0.15) is 16.2 Å². The monoisotopic (exact) mass is 317 g/mol. The van der Waals surface area contributed by atoms with Gasteiger partial charge in [0, 0.05) is 18.5 Å². The molecule has 0 atom stereocenters. The van der Waals surface area contributed by atoms with E-state index in [-0.39, 0.29) is 10.8 Å². The zero-order valence-electron chi connectivity index (χ0n) is 11.1. The predicted molar refractivity (Wildman–Crippen MR) is 81.1 cm³/mol. The van der Waals surface area contributed by atoms with Crippen LogP contribution in [-0.4, -0.2) is 26.9 Å². The molecular formula is C13H11N5O3S. The Kier molecular flexibility index (Phi) is 5.32. The lowest BCUT2D eigenvalue weighted by molar-refractivity contribution is -0.115. The molecule has 2 aromatic rings. The summed E-state index contributed by atoms with van der Waals surface area (Å²) in [7, 11) is 0. The van der Waals surface area contributed by atoms with Crippen LogP contribution in [0.25, 0.3) is 6.08 Å². The van der Waals surface area contributed by atoms with E-state index in [0.29, 0.717) is 5.76 Å². The molecule has 2 amide bonds. The molecule has 9 heteroatoms. The molecule has 0 saturated carbocycles. The van der Waals surface area contributed by atoms with Crippen LogP contribution in [0.5, 0.6) is 0 Å². The summed E-state index contributed by atoms with van der Waals surface area (Å²) < 4.78 is 5.03. The summed E-state index contributed by atoms with van der Waals surface area (Å²) in [5.41, 5.74) is 4.78. The van der Waals surface area contributed by atoms with E-state index in [4.69, 9.17) is 16.6 Å². The number of thiocarbonyl (C=S) groups is 1. The highest BCUT2D eigenvalue weighted by atomic mass is 32.1. The highest BCUT2D eigenvalue weighted by Crippen LogP contribution is 2.01. The number of hydrogen-bond acceptors (Lipinski definition) is 6. The van der Waals surface area contributed by atoms with E-state index in [9.17, 15) is 9.59 Å². The van der Waals surface area contributed by atoms with Gasteiger partial charge in [0.05, 0.1) is 12.5 Å². The molecule has 3 N–H and O–H groups in total. The third-order valence-electron chi connectivity index (χ3n) is 2.26. The second kappa shape index (κ2) is 7.64. The van der Waals surface area contributed by atoms with Crippen molar-refractivity contribution in [1.29, 1.82) is 0 Å². The van der Waals surface area contributed by atoms with Gasteiger partial charge in [-0.3, -0.25) is 30.7 Å². The second-order valence-electron chi connectivity index (χ2n) is 3.84. The summed E-state index contributed by atoms with van der Waals surface area (Å²) >= 11 is 4.86. The van der Waals surface area contributed by atoms with Crippen molar-refractivity contribution in [2.45, 2.75) is 0 Å². The van der Waals surface area contributed by atoms with Crippen LogP contribution < -0.4 is 16.2 Å². The lowest BCUT2D eigenvalue weighted by Gasteiger charge is -2.08. The molecule has 0 aromatic carbocycles. The molecule has 112 valence electrons. The quantitative estimate of drug-likeness (QED) is 0.427. The van der Waals surface area contributed by atoms with E-state index < -0.39 is 11.8 Å². The van der Waals surface area contributed by atoms with E-state index in [1.54, 1.807) is 12.1 Å². The Morgan fingerprint density at radius 2 is 2.14 bits per heavy atom. The topological polar surface area (TPSA) is 109 Å². The molecule has 2 rings (SSSR count). The second-order valence-corrected chi connectivity index (χ2v) is 4.25. The smallest absolute Gasteiger partial charge is 0.289 e. The largest absolute Gasteiger partial charge is 0.465 e. The molecule has 22 heavy (non-hydrogen) atoms. The van der Waals surface area contributed by atoms with Crippen molar-refractivity contribution in [3.63, 3.8) is 0 Å². The highest BCUT2D eigenvalue weighted by Gasteiger charge is 2.07. The number of hydrazine groups is 1. The van der Waals surface area contributed by atoms with Gasteiger partial charge in [0.15, 0.2) is 5.11 Å². The standard InChI is InChI=1S/C13H11N5O3S/c19-11(4-3-9-2-1-7-21-9)16-13(22)18-17-12(20)10-8-14-5-6-15-10/h1-8H,(H,17,20)(H2,16,18,19,22). The Morgan fingerprint density at radius 3 is 2.82 bits per heavy atom.